The Labute approximate surface area is 211 Å². The van der Waals surface area contributed by atoms with Crippen molar-refractivity contribution in [2.75, 3.05) is 12.0 Å². The van der Waals surface area contributed by atoms with Crippen LogP contribution in [0.3, 0.4) is 0 Å². The van der Waals surface area contributed by atoms with E-state index in [4.69, 9.17) is 9.47 Å². The van der Waals surface area contributed by atoms with E-state index in [1.165, 1.54) is 4.90 Å². The van der Waals surface area contributed by atoms with Gasteiger partial charge in [-0.2, -0.15) is 0 Å². The summed E-state index contributed by atoms with van der Waals surface area (Å²) >= 11 is 0. The second-order valence-electron chi connectivity index (χ2n) is 9.44. The van der Waals surface area contributed by atoms with Crippen LogP contribution in [0.25, 0.3) is 5.76 Å². The lowest BCUT2D eigenvalue weighted by atomic mass is 9.94. The van der Waals surface area contributed by atoms with Crippen molar-refractivity contribution in [3.63, 3.8) is 0 Å². The second kappa shape index (κ2) is 9.90. The monoisotopic (exact) mass is 485 g/mol. The Balaban J connectivity index is 1.93. The lowest BCUT2D eigenvalue weighted by molar-refractivity contribution is -0.132. The van der Waals surface area contributed by atoms with Crippen molar-refractivity contribution >= 4 is 23.1 Å². The van der Waals surface area contributed by atoms with Crippen molar-refractivity contribution in [2.24, 2.45) is 0 Å². The average molecular weight is 486 g/mol. The molecule has 1 atom stereocenters. The Morgan fingerprint density at radius 3 is 2.25 bits per heavy atom. The Hall–Kier alpha value is -4.06. The summed E-state index contributed by atoms with van der Waals surface area (Å²) in [6.45, 7) is 9.64. The summed E-state index contributed by atoms with van der Waals surface area (Å²) in [4.78, 5) is 28.3. The predicted molar refractivity (Wildman–Crippen MR) is 141 cm³/mol. The van der Waals surface area contributed by atoms with Crippen LogP contribution in [-0.2, 0) is 9.59 Å². The molecule has 1 aliphatic rings. The smallest absolute Gasteiger partial charge is 0.300 e. The third-order valence-corrected chi connectivity index (χ3v) is 6.15. The minimum absolute atomic E-state index is 0.000631. The Morgan fingerprint density at radius 1 is 0.944 bits per heavy atom. The van der Waals surface area contributed by atoms with E-state index in [2.05, 4.69) is 0 Å². The van der Waals surface area contributed by atoms with Crippen molar-refractivity contribution in [1.29, 1.82) is 0 Å². The van der Waals surface area contributed by atoms with Gasteiger partial charge in [-0.25, -0.2) is 0 Å². The van der Waals surface area contributed by atoms with Gasteiger partial charge in [0, 0.05) is 11.3 Å². The van der Waals surface area contributed by atoms with Crippen molar-refractivity contribution in [2.45, 2.75) is 46.8 Å². The molecule has 186 valence electrons. The second-order valence-corrected chi connectivity index (χ2v) is 9.44. The normalized spacial score (nSPS) is 17.1. The van der Waals surface area contributed by atoms with Crippen molar-refractivity contribution < 1.29 is 24.2 Å². The van der Waals surface area contributed by atoms with E-state index in [-0.39, 0.29) is 17.4 Å². The van der Waals surface area contributed by atoms with Gasteiger partial charge in [0.15, 0.2) is 0 Å². The van der Waals surface area contributed by atoms with Crippen LogP contribution in [0.4, 0.5) is 5.69 Å². The molecule has 6 heteroatoms. The van der Waals surface area contributed by atoms with E-state index in [1.54, 1.807) is 43.5 Å². The average Bonchev–Trinajstić information content (AvgIpc) is 3.09. The zero-order chi connectivity index (χ0) is 26.1. The van der Waals surface area contributed by atoms with E-state index in [0.29, 0.717) is 28.3 Å². The third-order valence-electron chi connectivity index (χ3n) is 6.15. The highest BCUT2D eigenvalue weighted by atomic mass is 16.5. The van der Waals surface area contributed by atoms with Gasteiger partial charge >= 0.3 is 0 Å². The van der Waals surface area contributed by atoms with E-state index in [0.717, 1.165) is 16.7 Å². The van der Waals surface area contributed by atoms with Gasteiger partial charge in [-0.15, -0.1) is 0 Å². The highest BCUT2D eigenvalue weighted by molar-refractivity contribution is 6.51. The van der Waals surface area contributed by atoms with Gasteiger partial charge in [-0.05, 0) is 99.3 Å². The quantitative estimate of drug-likeness (QED) is 0.262. The van der Waals surface area contributed by atoms with Crippen LogP contribution in [0, 0.1) is 20.8 Å². The van der Waals surface area contributed by atoms with Crippen molar-refractivity contribution in [3.8, 4) is 11.5 Å². The maximum atomic E-state index is 13.4. The van der Waals surface area contributed by atoms with E-state index in [1.807, 2.05) is 58.9 Å². The number of Topliss-reactive ketones (excluding diaryl/α,β-unsaturated/α-hetero) is 1. The summed E-state index contributed by atoms with van der Waals surface area (Å²) in [5, 5.41) is 11.4. The largest absolute Gasteiger partial charge is 0.507 e. The molecule has 1 unspecified atom stereocenters. The maximum Gasteiger partial charge on any atom is 0.300 e. The van der Waals surface area contributed by atoms with Crippen LogP contribution in [0.2, 0.25) is 0 Å². The number of carbonyl (C=O) groups excluding carboxylic acids is 2. The molecule has 1 amide bonds. The first-order valence-corrected chi connectivity index (χ1v) is 11.9. The fourth-order valence-corrected chi connectivity index (χ4v) is 4.65. The molecular formula is C30H31NO5. The standard InChI is InChI=1S/C30H31NO5/c1-17(2)36-25-11-10-22(15-20(25)5)28(32)26-27(21-8-7-9-24(16-21)35-6)31(30(34)29(26)33)23-13-18(3)12-19(4)14-23/h7-17,27,32H,1-6H3/b28-26+. The molecule has 1 fully saturated rings. The van der Waals surface area contributed by atoms with E-state index >= 15 is 0 Å². The number of amides is 1. The number of hydrogen-bond donors (Lipinski definition) is 1. The minimum Gasteiger partial charge on any atom is -0.507 e. The molecule has 0 aromatic heterocycles. The molecule has 1 saturated heterocycles. The highest BCUT2D eigenvalue weighted by Gasteiger charge is 2.47. The molecule has 0 radical (unpaired) electrons. The number of benzene rings is 3. The summed E-state index contributed by atoms with van der Waals surface area (Å²) < 4.78 is 11.2. The molecule has 1 aliphatic heterocycles. The summed E-state index contributed by atoms with van der Waals surface area (Å²) in [7, 11) is 1.56. The first kappa shape index (κ1) is 25.0. The molecule has 1 heterocycles. The predicted octanol–water partition coefficient (Wildman–Crippen LogP) is 6.03. The highest BCUT2D eigenvalue weighted by Crippen LogP contribution is 2.43. The summed E-state index contributed by atoms with van der Waals surface area (Å²) in [5.74, 6) is -0.371. The zero-order valence-corrected chi connectivity index (χ0v) is 21.5. The SMILES string of the molecule is COc1cccc(C2/C(=C(\O)c3ccc(OC(C)C)c(C)c3)C(=O)C(=O)N2c2cc(C)cc(C)c2)c1. The summed E-state index contributed by atoms with van der Waals surface area (Å²) in [5.41, 5.74) is 4.47. The molecule has 6 nitrogen and oxygen atoms in total. The van der Waals surface area contributed by atoms with Gasteiger partial charge in [-0.1, -0.05) is 18.2 Å². The third kappa shape index (κ3) is 4.71. The first-order valence-electron chi connectivity index (χ1n) is 11.9. The van der Waals surface area contributed by atoms with Crippen LogP contribution < -0.4 is 14.4 Å². The number of aryl methyl sites for hydroxylation is 3. The number of ether oxygens (including phenoxy) is 2. The Morgan fingerprint density at radius 2 is 1.64 bits per heavy atom. The molecule has 1 N–H and O–H groups in total. The molecule has 3 aromatic rings. The number of carbonyl (C=O) groups is 2. The molecule has 0 saturated carbocycles. The summed E-state index contributed by atoms with van der Waals surface area (Å²) in [6, 6.07) is 17.4. The van der Waals surface area contributed by atoms with Gasteiger partial charge in [0.05, 0.1) is 24.8 Å². The number of nitrogens with zero attached hydrogens (tertiary/aromatic N) is 1. The Kier molecular flexibility index (Phi) is 6.88. The molecule has 0 bridgehead atoms. The molecule has 0 aliphatic carbocycles. The van der Waals surface area contributed by atoms with E-state index in [9.17, 15) is 14.7 Å². The van der Waals surface area contributed by atoms with Crippen LogP contribution in [0.1, 0.15) is 47.7 Å². The van der Waals surface area contributed by atoms with Gasteiger partial charge in [0.2, 0.25) is 0 Å². The zero-order valence-electron chi connectivity index (χ0n) is 21.5. The minimum atomic E-state index is -0.826. The first-order chi connectivity index (χ1) is 17.1. The fourth-order valence-electron chi connectivity index (χ4n) is 4.65. The van der Waals surface area contributed by atoms with Crippen molar-refractivity contribution in [3.05, 3.63) is 94.1 Å². The lowest BCUT2D eigenvalue weighted by Crippen LogP contribution is -2.29. The van der Waals surface area contributed by atoms with Crippen LogP contribution in [0.5, 0.6) is 11.5 Å². The van der Waals surface area contributed by atoms with Gasteiger partial charge < -0.3 is 14.6 Å². The van der Waals surface area contributed by atoms with Crippen molar-refractivity contribution in [1.82, 2.24) is 0 Å². The van der Waals surface area contributed by atoms with E-state index < -0.39 is 17.7 Å². The molecular weight excluding hydrogens is 454 g/mol. The van der Waals surface area contributed by atoms with Gasteiger partial charge in [-0.3, -0.25) is 14.5 Å². The van der Waals surface area contributed by atoms with Gasteiger partial charge in [0.25, 0.3) is 11.7 Å². The summed E-state index contributed by atoms with van der Waals surface area (Å²) in [6.07, 6.45) is -0.000631. The van der Waals surface area contributed by atoms with Gasteiger partial charge in [0.1, 0.15) is 17.3 Å². The molecule has 0 spiro atoms. The molecule has 4 rings (SSSR count). The maximum absolute atomic E-state index is 13.4. The number of aliphatic hydroxyl groups excluding tert-OH is 1. The number of rotatable bonds is 6. The lowest BCUT2D eigenvalue weighted by Gasteiger charge is -2.26. The van der Waals surface area contributed by atoms with Crippen LogP contribution in [-0.4, -0.2) is 30.0 Å². The fraction of sp³-hybridized carbons (Fsp3) is 0.267. The molecule has 36 heavy (non-hydrogen) atoms. The topological polar surface area (TPSA) is 76.1 Å². The number of hydrogen-bond acceptors (Lipinski definition) is 5. The number of methoxy groups -OCH3 is 1. The van der Waals surface area contributed by atoms with Crippen LogP contribution >= 0.6 is 0 Å². The molecule has 3 aromatic carbocycles. The number of anilines is 1. The van der Waals surface area contributed by atoms with Crippen LogP contribution in [0.15, 0.2) is 66.2 Å². The number of ketones is 1. The Bertz CT molecular complexity index is 1350. The number of aliphatic hydroxyl groups is 1.